The fourth-order valence-electron chi connectivity index (χ4n) is 5.85. The van der Waals surface area contributed by atoms with Gasteiger partial charge >= 0.3 is 6.09 Å². The highest BCUT2D eigenvalue weighted by molar-refractivity contribution is 6.12. The number of nitrogens with one attached hydrogen (secondary N) is 3. The zero-order valence-electron chi connectivity index (χ0n) is 26.0. The molecule has 0 radical (unpaired) electrons. The van der Waals surface area contributed by atoms with Crippen molar-refractivity contribution in [2.24, 2.45) is 0 Å². The number of cyclic esters (lactones) is 1. The Balaban J connectivity index is 1.000. The second-order valence-corrected chi connectivity index (χ2v) is 11.5. The lowest BCUT2D eigenvalue weighted by Gasteiger charge is -2.28. The van der Waals surface area contributed by atoms with Crippen LogP contribution in [0.5, 0.6) is 17.2 Å². The van der Waals surface area contributed by atoms with Gasteiger partial charge < -0.3 is 44.5 Å². The van der Waals surface area contributed by atoms with E-state index >= 15 is 0 Å². The average Bonchev–Trinajstić information content (AvgIpc) is 3.47. The molecule has 1 unspecified atom stereocenters. The van der Waals surface area contributed by atoms with Crippen LogP contribution < -0.4 is 35.1 Å². The molecule has 0 bridgehead atoms. The Bertz CT molecular complexity index is 1770. The van der Waals surface area contributed by atoms with Crippen molar-refractivity contribution in [3.05, 3.63) is 90.0 Å². The summed E-state index contributed by atoms with van der Waals surface area (Å²) in [5.74, 6) is 1.73. The zero-order valence-corrected chi connectivity index (χ0v) is 26.0. The summed E-state index contributed by atoms with van der Waals surface area (Å²) < 4.78 is 28.1. The van der Waals surface area contributed by atoms with Gasteiger partial charge in [-0.3, -0.25) is 4.79 Å². The third-order valence-electron chi connectivity index (χ3n) is 8.41. The number of morpholine rings is 1. The molecule has 2 fully saturated rings. The van der Waals surface area contributed by atoms with E-state index in [1.165, 1.54) is 5.69 Å². The second kappa shape index (κ2) is 13.5. The van der Waals surface area contributed by atoms with E-state index in [2.05, 4.69) is 33.0 Å². The number of nitrogens with zero attached hydrogens (tertiary/aromatic N) is 1. The maximum atomic E-state index is 13.3. The van der Waals surface area contributed by atoms with Gasteiger partial charge in [-0.1, -0.05) is 18.2 Å². The van der Waals surface area contributed by atoms with Gasteiger partial charge in [0.1, 0.15) is 12.4 Å². The number of fused-ring (bicyclic) bond motifs is 2. The van der Waals surface area contributed by atoms with E-state index in [1.807, 2.05) is 66.7 Å². The van der Waals surface area contributed by atoms with Crippen LogP contribution in [0.1, 0.15) is 15.9 Å². The molecule has 47 heavy (non-hydrogen) atoms. The number of amides is 2. The van der Waals surface area contributed by atoms with Gasteiger partial charge in [0.05, 0.1) is 56.1 Å². The standard InChI is InChI=1S/C36H36N4O7/c1-43-34-20-25(4-11-33(34)46-22-28-21-37-36(42)47-28)24-3-9-29-31(19-24)38-30-10-2-23(18-32(30)39-35(29)41)12-15-45-27-7-5-26(6-8-27)40-13-16-44-17-14-40/h2-11,18-20,28,38H,12-17,21-22H2,1H3,(H,37,42)(H,39,41). The smallest absolute Gasteiger partial charge is 0.407 e. The number of benzene rings is 4. The third kappa shape index (κ3) is 6.90. The van der Waals surface area contributed by atoms with Gasteiger partial charge in [-0.25, -0.2) is 4.79 Å². The first-order valence-corrected chi connectivity index (χ1v) is 15.7. The Kier molecular flexibility index (Phi) is 8.70. The van der Waals surface area contributed by atoms with Crippen LogP contribution in [0.15, 0.2) is 78.9 Å². The molecule has 0 saturated carbocycles. The average molecular weight is 637 g/mol. The molecule has 7 rings (SSSR count). The minimum atomic E-state index is -0.443. The van der Waals surface area contributed by atoms with Crippen LogP contribution in [0.3, 0.4) is 0 Å². The summed E-state index contributed by atoms with van der Waals surface area (Å²) in [4.78, 5) is 26.9. The Hall–Kier alpha value is -5.42. The highest BCUT2D eigenvalue weighted by atomic mass is 16.6. The number of hydrogen-bond donors (Lipinski definition) is 3. The van der Waals surface area contributed by atoms with Crippen LogP contribution in [0.4, 0.5) is 27.5 Å². The maximum Gasteiger partial charge on any atom is 0.407 e. The number of anilines is 4. The Labute approximate surface area is 272 Å². The van der Waals surface area contributed by atoms with Crippen LogP contribution in [-0.4, -0.2) is 71.3 Å². The number of carbonyl (C=O) groups is 2. The molecule has 4 aromatic rings. The van der Waals surface area contributed by atoms with Gasteiger partial charge in [0.15, 0.2) is 17.6 Å². The Morgan fingerprint density at radius 3 is 2.40 bits per heavy atom. The van der Waals surface area contributed by atoms with Gasteiger partial charge in [-0.05, 0) is 77.4 Å². The van der Waals surface area contributed by atoms with E-state index in [9.17, 15) is 9.59 Å². The SMILES string of the molecule is COc1cc(-c2ccc3c(c2)Nc2ccc(CCOc4ccc(N5CCOCC5)cc4)cc2NC3=O)ccc1OCC1CNC(=O)O1. The molecule has 0 aromatic heterocycles. The minimum absolute atomic E-state index is 0.185. The fraction of sp³-hybridized carbons (Fsp3) is 0.278. The summed E-state index contributed by atoms with van der Waals surface area (Å²) in [5.41, 5.74) is 6.79. The second-order valence-electron chi connectivity index (χ2n) is 11.5. The van der Waals surface area contributed by atoms with Crippen LogP contribution >= 0.6 is 0 Å². The molecule has 11 heteroatoms. The minimum Gasteiger partial charge on any atom is -0.493 e. The van der Waals surface area contributed by atoms with E-state index < -0.39 is 6.09 Å². The van der Waals surface area contributed by atoms with Crippen molar-refractivity contribution in [1.82, 2.24) is 5.32 Å². The van der Waals surface area contributed by atoms with Crippen molar-refractivity contribution >= 4 is 34.7 Å². The Morgan fingerprint density at radius 1 is 0.809 bits per heavy atom. The summed E-state index contributed by atoms with van der Waals surface area (Å²) in [5, 5.41) is 9.13. The van der Waals surface area contributed by atoms with Crippen molar-refractivity contribution in [1.29, 1.82) is 0 Å². The highest BCUT2D eigenvalue weighted by Gasteiger charge is 2.24. The third-order valence-corrected chi connectivity index (χ3v) is 8.41. The number of methoxy groups -OCH3 is 1. The lowest BCUT2D eigenvalue weighted by molar-refractivity contribution is 0.102. The number of rotatable bonds is 10. The van der Waals surface area contributed by atoms with Crippen LogP contribution in [0.2, 0.25) is 0 Å². The first-order chi connectivity index (χ1) is 23.0. The van der Waals surface area contributed by atoms with Gasteiger partial charge in [0.25, 0.3) is 5.91 Å². The number of alkyl carbamates (subject to hydrolysis) is 1. The summed E-state index contributed by atoms with van der Waals surface area (Å²) in [6.45, 7) is 4.44. The molecule has 0 aliphatic carbocycles. The lowest BCUT2D eigenvalue weighted by Crippen LogP contribution is -2.36. The van der Waals surface area contributed by atoms with E-state index in [0.717, 1.165) is 54.4 Å². The normalized spacial score (nSPS) is 16.9. The summed E-state index contributed by atoms with van der Waals surface area (Å²) >= 11 is 0. The van der Waals surface area contributed by atoms with Crippen molar-refractivity contribution in [2.75, 3.05) is 68.7 Å². The van der Waals surface area contributed by atoms with Crippen molar-refractivity contribution in [2.45, 2.75) is 12.5 Å². The molecular weight excluding hydrogens is 600 g/mol. The van der Waals surface area contributed by atoms with E-state index in [1.54, 1.807) is 7.11 Å². The quantitative estimate of drug-likeness (QED) is 0.204. The zero-order chi connectivity index (χ0) is 32.2. The number of ether oxygens (including phenoxy) is 5. The van der Waals surface area contributed by atoms with Crippen LogP contribution in [-0.2, 0) is 15.9 Å². The monoisotopic (exact) mass is 636 g/mol. The number of hydrogen-bond acceptors (Lipinski definition) is 9. The first kappa shape index (κ1) is 30.2. The van der Waals surface area contributed by atoms with Gasteiger partial charge in [0, 0.05) is 25.2 Å². The number of carbonyl (C=O) groups excluding carboxylic acids is 2. The molecule has 3 aliphatic heterocycles. The highest BCUT2D eigenvalue weighted by Crippen LogP contribution is 2.38. The van der Waals surface area contributed by atoms with Gasteiger partial charge in [-0.2, -0.15) is 0 Å². The molecule has 0 spiro atoms. The van der Waals surface area contributed by atoms with Gasteiger partial charge in [-0.15, -0.1) is 0 Å². The molecule has 4 aromatic carbocycles. The molecule has 1 atom stereocenters. The Morgan fingerprint density at radius 2 is 1.62 bits per heavy atom. The maximum absolute atomic E-state index is 13.3. The van der Waals surface area contributed by atoms with Crippen LogP contribution in [0, 0.1) is 0 Å². The molecule has 3 aliphatic rings. The van der Waals surface area contributed by atoms with Gasteiger partial charge in [0.2, 0.25) is 0 Å². The molecule has 2 saturated heterocycles. The summed E-state index contributed by atoms with van der Waals surface area (Å²) in [7, 11) is 1.58. The van der Waals surface area contributed by atoms with Crippen molar-refractivity contribution in [3.8, 4) is 28.4 Å². The molecule has 242 valence electrons. The van der Waals surface area contributed by atoms with Crippen molar-refractivity contribution < 1.29 is 33.3 Å². The summed E-state index contributed by atoms with van der Waals surface area (Å²) in [6, 6.07) is 25.5. The molecule has 3 N–H and O–H groups in total. The van der Waals surface area contributed by atoms with Crippen LogP contribution in [0.25, 0.3) is 11.1 Å². The molecular formula is C36H36N4O7. The van der Waals surface area contributed by atoms with E-state index in [0.29, 0.717) is 48.0 Å². The predicted octanol–water partition coefficient (Wildman–Crippen LogP) is 5.62. The first-order valence-electron chi connectivity index (χ1n) is 15.7. The molecule has 11 nitrogen and oxygen atoms in total. The fourth-order valence-corrected chi connectivity index (χ4v) is 5.85. The van der Waals surface area contributed by atoms with E-state index in [4.69, 9.17) is 23.7 Å². The largest absolute Gasteiger partial charge is 0.493 e. The predicted molar refractivity (Wildman–Crippen MR) is 179 cm³/mol. The van der Waals surface area contributed by atoms with Crippen molar-refractivity contribution in [3.63, 3.8) is 0 Å². The summed E-state index contributed by atoms with van der Waals surface area (Å²) in [6.07, 6.45) is -0.109. The van der Waals surface area contributed by atoms with E-state index in [-0.39, 0.29) is 18.6 Å². The topological polar surface area (TPSA) is 120 Å². The lowest BCUT2D eigenvalue weighted by atomic mass is 10.0. The molecule has 2 amide bonds. The molecule has 3 heterocycles.